The second kappa shape index (κ2) is 15.3. The third-order valence-electron chi connectivity index (χ3n) is 11.5. The summed E-state index contributed by atoms with van der Waals surface area (Å²) in [4.78, 5) is 32.5. The van der Waals surface area contributed by atoms with Gasteiger partial charge in [0, 0.05) is 46.4 Å². The molecule has 1 amide bonds. The van der Waals surface area contributed by atoms with Crippen LogP contribution in [-0.4, -0.2) is 103 Å². The Morgan fingerprint density at radius 1 is 0.750 bits per heavy atom. The molecule has 0 saturated heterocycles. The zero-order valence-electron chi connectivity index (χ0n) is 33.1. The number of nitrogens with zero attached hydrogens (tertiary/aromatic N) is 6. The number of amides is 1. The number of unbranched alkanes of at least 4 members (excludes halogenated alkanes) is 2. The average Bonchev–Trinajstić information content (AvgIpc) is 3.96. The maximum Gasteiger partial charge on any atom is 0.422 e. The summed E-state index contributed by atoms with van der Waals surface area (Å²) in [7, 11) is -23.4. The SMILES string of the molecule is CCCCCN(C(=O)O)S(=O)(=O)N1c2[nH]c(c3c(S(=O)(=O)O)c(S(=O)(=O)O)c(S(=O)(=O)O)cc23)N=c2[nH]c(c3ccccc23)=NC2=NC(NC3=NC1C1C=CC=CC31)C1C=CC=CC21. The maximum absolute atomic E-state index is 15.3. The summed E-state index contributed by atoms with van der Waals surface area (Å²) >= 11 is 0. The van der Waals surface area contributed by atoms with E-state index < -0.39 is 114 Å². The van der Waals surface area contributed by atoms with E-state index in [0.29, 0.717) is 39.8 Å². The summed E-state index contributed by atoms with van der Waals surface area (Å²) in [5, 5.41) is 12.8. The van der Waals surface area contributed by atoms with Crippen molar-refractivity contribution in [1.82, 2.24) is 19.6 Å². The lowest BCUT2D eigenvalue weighted by Crippen LogP contribution is -2.52. The van der Waals surface area contributed by atoms with Crippen LogP contribution in [0.1, 0.15) is 26.2 Å². The highest BCUT2D eigenvalue weighted by atomic mass is 32.2. The lowest BCUT2D eigenvalue weighted by Gasteiger charge is -2.35. The van der Waals surface area contributed by atoms with Gasteiger partial charge in [-0.25, -0.2) is 29.1 Å². The Kier molecular flexibility index (Phi) is 10.3. The van der Waals surface area contributed by atoms with Crippen LogP contribution in [0.4, 0.5) is 16.4 Å². The third-order valence-corrected chi connectivity index (χ3v) is 16.3. The molecule has 2 aromatic heterocycles. The van der Waals surface area contributed by atoms with Crippen LogP contribution in [0.5, 0.6) is 0 Å². The van der Waals surface area contributed by atoms with Gasteiger partial charge in [0.15, 0.2) is 0 Å². The molecule has 6 unspecified atom stereocenters. The number of anilines is 1. The first-order valence-electron chi connectivity index (χ1n) is 19.6. The summed E-state index contributed by atoms with van der Waals surface area (Å²) in [6, 6.07) is 6.95. The summed E-state index contributed by atoms with van der Waals surface area (Å²) in [5.41, 5.74) is 0.0873. The van der Waals surface area contributed by atoms with Crippen molar-refractivity contribution in [2.24, 2.45) is 43.6 Å². The number of aromatic amines is 2. The Morgan fingerprint density at radius 2 is 1.38 bits per heavy atom. The van der Waals surface area contributed by atoms with Crippen molar-refractivity contribution in [2.45, 2.75) is 53.2 Å². The Balaban J connectivity index is 1.49. The van der Waals surface area contributed by atoms with Crippen LogP contribution in [0.3, 0.4) is 0 Å². The zero-order valence-corrected chi connectivity index (χ0v) is 36.3. The molecule has 0 spiro atoms. The van der Waals surface area contributed by atoms with Crippen molar-refractivity contribution in [3.63, 3.8) is 0 Å². The van der Waals surface area contributed by atoms with Gasteiger partial charge in [0.25, 0.3) is 30.4 Å². The first kappa shape index (κ1) is 43.2. The van der Waals surface area contributed by atoms with E-state index in [-0.39, 0.29) is 39.4 Å². The Labute approximate surface area is 364 Å². The molecule has 22 nitrogen and oxygen atoms in total. The van der Waals surface area contributed by atoms with Crippen LogP contribution < -0.4 is 20.6 Å². The number of amidine groups is 2. The molecule has 336 valence electrons. The molecule has 9 rings (SSSR count). The molecule has 26 heteroatoms. The summed E-state index contributed by atoms with van der Waals surface area (Å²) in [6.07, 6.45) is 10.8. The molecule has 6 atom stereocenters. The molecule has 2 aromatic carbocycles. The molecular formula is C38H37N9O13S4. The average molecular weight is 956 g/mol. The number of rotatable bonds is 9. The fourth-order valence-electron chi connectivity index (χ4n) is 8.79. The number of hydrogen-bond acceptors (Lipinski definition) is 14. The first-order valence-corrected chi connectivity index (χ1v) is 25.3. The topological polar surface area (TPSA) is 334 Å². The van der Waals surface area contributed by atoms with E-state index in [9.17, 15) is 48.8 Å². The zero-order chi connectivity index (χ0) is 45.7. The molecule has 5 aliphatic rings. The predicted molar refractivity (Wildman–Crippen MR) is 230 cm³/mol. The number of aromatic nitrogens is 2. The molecule has 4 aromatic rings. The number of fused-ring (bicyclic) bond motifs is 18. The van der Waals surface area contributed by atoms with Gasteiger partial charge in [0.2, 0.25) is 0 Å². The van der Waals surface area contributed by atoms with Gasteiger partial charge in [-0.1, -0.05) is 92.6 Å². The number of H-pyrrole nitrogens is 2. The molecule has 5 heterocycles. The van der Waals surface area contributed by atoms with Crippen LogP contribution in [0.15, 0.2) is 114 Å². The highest BCUT2D eigenvalue weighted by Crippen LogP contribution is 2.48. The number of benzene rings is 2. The van der Waals surface area contributed by atoms with Crippen LogP contribution in [0, 0.1) is 23.7 Å². The van der Waals surface area contributed by atoms with Gasteiger partial charge in [0.05, 0.1) is 5.39 Å². The minimum absolute atomic E-state index is 0.0503. The van der Waals surface area contributed by atoms with Gasteiger partial charge >= 0.3 is 16.3 Å². The number of nitrogens with one attached hydrogen (secondary N) is 3. The van der Waals surface area contributed by atoms with E-state index >= 15 is 8.42 Å². The Morgan fingerprint density at radius 3 is 2.00 bits per heavy atom. The third kappa shape index (κ3) is 7.13. The van der Waals surface area contributed by atoms with Crippen molar-refractivity contribution in [2.75, 3.05) is 10.8 Å². The molecule has 0 fully saturated rings. The van der Waals surface area contributed by atoms with E-state index in [2.05, 4.69) is 20.3 Å². The number of hydrogen-bond donors (Lipinski definition) is 7. The van der Waals surface area contributed by atoms with E-state index in [0.717, 1.165) is 0 Å². The van der Waals surface area contributed by atoms with Gasteiger partial charge in [0.1, 0.15) is 61.3 Å². The highest BCUT2D eigenvalue weighted by molar-refractivity contribution is 7.91. The molecule has 3 aliphatic heterocycles. The van der Waals surface area contributed by atoms with Gasteiger partial charge in [-0.05, 0) is 12.5 Å². The number of carboxylic acid groups (broad SMARTS) is 1. The molecule has 7 N–H and O–H groups in total. The molecule has 2 aliphatic carbocycles. The van der Waals surface area contributed by atoms with Crippen molar-refractivity contribution in [3.05, 3.63) is 89.9 Å². The van der Waals surface area contributed by atoms with Crippen LogP contribution >= 0.6 is 0 Å². The summed E-state index contributed by atoms with van der Waals surface area (Å²) in [5.74, 6) is -3.43. The van der Waals surface area contributed by atoms with E-state index in [1.165, 1.54) is 0 Å². The van der Waals surface area contributed by atoms with E-state index in [1.807, 2.05) is 24.3 Å². The molecule has 64 heavy (non-hydrogen) atoms. The summed E-state index contributed by atoms with van der Waals surface area (Å²) < 4.78 is 142. The van der Waals surface area contributed by atoms with E-state index in [1.54, 1.807) is 55.5 Å². The van der Waals surface area contributed by atoms with Crippen molar-refractivity contribution in [3.8, 4) is 0 Å². The van der Waals surface area contributed by atoms with Gasteiger partial charge < -0.3 is 20.4 Å². The lowest BCUT2D eigenvalue weighted by molar-refractivity contribution is 0.171. The molecule has 8 bridgehead atoms. The van der Waals surface area contributed by atoms with Crippen molar-refractivity contribution >= 4 is 91.5 Å². The van der Waals surface area contributed by atoms with Gasteiger partial charge in [-0.15, -0.1) is 0 Å². The van der Waals surface area contributed by atoms with Gasteiger partial charge in [-0.3, -0.25) is 13.7 Å². The van der Waals surface area contributed by atoms with E-state index in [4.69, 9.17) is 15.0 Å². The lowest BCUT2D eigenvalue weighted by atomic mass is 9.86. The second-order valence-electron chi connectivity index (χ2n) is 15.4. The fourth-order valence-corrected chi connectivity index (χ4v) is 13.8. The second-order valence-corrected chi connectivity index (χ2v) is 21.2. The smallest absolute Gasteiger partial charge is 0.422 e. The molecule has 0 saturated carbocycles. The molecule has 0 radical (unpaired) electrons. The van der Waals surface area contributed by atoms with Crippen molar-refractivity contribution < 1.29 is 57.2 Å². The fraction of sp³-hybridized carbons (Fsp3) is 0.289. The minimum Gasteiger partial charge on any atom is -0.464 e. The quantitative estimate of drug-likeness (QED) is 0.0937. The number of aliphatic imine (C=N–C) groups is 2. The minimum atomic E-state index is -6.02. The van der Waals surface area contributed by atoms with Crippen LogP contribution in [0.2, 0.25) is 0 Å². The van der Waals surface area contributed by atoms with Crippen LogP contribution in [0.25, 0.3) is 21.5 Å². The first-order chi connectivity index (χ1) is 30.2. The Hall–Kier alpha value is -6.03. The summed E-state index contributed by atoms with van der Waals surface area (Å²) in [6.45, 7) is 1.21. The normalized spacial score (nSPS) is 23.8. The predicted octanol–water partition coefficient (Wildman–Crippen LogP) is 2.98. The van der Waals surface area contributed by atoms with Crippen molar-refractivity contribution in [1.29, 1.82) is 0 Å². The largest absolute Gasteiger partial charge is 0.464 e. The van der Waals surface area contributed by atoms with Crippen LogP contribution in [-0.2, 0) is 40.6 Å². The van der Waals surface area contributed by atoms with Gasteiger partial charge in [-0.2, -0.15) is 38.0 Å². The number of allylic oxidation sites excluding steroid dienone is 4. The molecular weight excluding hydrogens is 919 g/mol. The maximum atomic E-state index is 15.3. The number of carbonyl (C=O) groups is 1. The highest BCUT2D eigenvalue weighted by Gasteiger charge is 2.50. The standard InChI is InChI=1S/C38H37N9O13S4/c1-2-3-10-17-46(38(48)49)64(59,60)47-36-24-16-9-8-15-23(24)34(44-36)42-32-20-12-5-4-11-19(20)30(40-32)39-31-21-13-6-7-14-22(21)33(41-31)43-35-27-25(37(47)45-35)18-26(61(50,51)52)28(62(53,54)55)29(27)63(56,57)58/h4-9,11-16,18-20,23-24,32,36,45H,2-3,10,17H2,1H3,(H,42,44)(H,48,49)(H,50,51,52)(H,53,54,55)(H,56,57,58)(H,39,40,41,43). The Bertz CT molecular complexity index is 3480. The monoisotopic (exact) mass is 955 g/mol.